The van der Waals surface area contributed by atoms with Gasteiger partial charge >= 0.3 is 5.97 Å². The summed E-state index contributed by atoms with van der Waals surface area (Å²) in [6.07, 6.45) is 0.259. The molecule has 0 unspecified atom stereocenters. The number of fused-ring (bicyclic) bond motifs is 1. The van der Waals surface area contributed by atoms with Crippen molar-refractivity contribution in [3.8, 4) is 0 Å². The van der Waals surface area contributed by atoms with E-state index >= 15 is 0 Å². The van der Waals surface area contributed by atoms with Crippen LogP contribution in [0.1, 0.15) is 6.42 Å². The lowest BCUT2D eigenvalue weighted by atomic mass is 9.73. The van der Waals surface area contributed by atoms with Gasteiger partial charge in [-0.25, -0.2) is 4.39 Å². The molecular weight excluding hydrogens is 225 g/mol. The van der Waals surface area contributed by atoms with Crippen molar-refractivity contribution in [1.29, 1.82) is 0 Å². The number of methoxy groups -OCH3 is 1. The Balaban J connectivity index is 0.00000112. The molecule has 15 heavy (non-hydrogen) atoms. The van der Waals surface area contributed by atoms with Gasteiger partial charge in [-0.3, -0.25) is 4.79 Å². The molecule has 1 N–H and O–H groups in total. The second kappa shape index (κ2) is 4.23. The first-order valence-electron chi connectivity index (χ1n) is 4.70. The predicted molar refractivity (Wildman–Crippen MR) is 53.8 cm³/mol. The molecule has 2 saturated heterocycles. The minimum atomic E-state index is -1.50. The average Bonchev–Trinajstić information content (AvgIpc) is 2.55. The molecule has 0 spiro atoms. The van der Waals surface area contributed by atoms with Gasteiger partial charge in [0, 0.05) is 26.1 Å². The molecule has 0 aromatic heterocycles. The Kier molecular flexibility index (Phi) is 3.58. The van der Waals surface area contributed by atoms with Gasteiger partial charge in [-0.2, -0.15) is 0 Å². The van der Waals surface area contributed by atoms with Crippen LogP contribution in [0.5, 0.6) is 0 Å². The van der Waals surface area contributed by atoms with Gasteiger partial charge in [-0.1, -0.05) is 0 Å². The molecule has 2 aliphatic heterocycles. The Labute approximate surface area is 93.9 Å². The zero-order valence-corrected chi connectivity index (χ0v) is 9.36. The number of rotatable bonds is 1. The number of alkyl halides is 1. The predicted octanol–water partition coefficient (Wildman–Crippen LogP) is 0.299. The number of esters is 1. The van der Waals surface area contributed by atoms with Crippen LogP contribution in [0.3, 0.4) is 0 Å². The molecule has 2 aliphatic rings. The molecule has 0 saturated carbocycles. The quantitative estimate of drug-likeness (QED) is 0.669. The molecule has 0 aromatic carbocycles. The van der Waals surface area contributed by atoms with Crippen LogP contribution >= 0.6 is 12.4 Å². The van der Waals surface area contributed by atoms with E-state index in [1.807, 2.05) is 0 Å². The number of ether oxygens (including phenoxy) is 2. The highest BCUT2D eigenvalue weighted by molar-refractivity contribution is 5.85. The van der Waals surface area contributed by atoms with Crippen molar-refractivity contribution >= 4 is 18.4 Å². The highest BCUT2D eigenvalue weighted by Gasteiger charge is 2.63. The minimum absolute atomic E-state index is 0. The summed E-state index contributed by atoms with van der Waals surface area (Å²) in [5.74, 6) is -0.510. The highest BCUT2D eigenvalue weighted by Crippen LogP contribution is 2.45. The van der Waals surface area contributed by atoms with Gasteiger partial charge < -0.3 is 14.8 Å². The Hall–Kier alpha value is -0.390. The van der Waals surface area contributed by atoms with E-state index in [4.69, 9.17) is 4.74 Å². The van der Waals surface area contributed by atoms with Crippen molar-refractivity contribution in [3.63, 3.8) is 0 Å². The first kappa shape index (κ1) is 12.7. The third kappa shape index (κ3) is 1.62. The fraction of sp³-hybridized carbons (Fsp3) is 0.889. The summed E-state index contributed by atoms with van der Waals surface area (Å²) in [5.41, 5.74) is -2.63. The molecule has 0 aromatic rings. The summed E-state index contributed by atoms with van der Waals surface area (Å²) in [4.78, 5) is 11.6. The smallest absolute Gasteiger partial charge is 0.318 e. The first-order chi connectivity index (χ1) is 6.65. The van der Waals surface area contributed by atoms with Crippen LogP contribution in [-0.4, -0.2) is 45.1 Å². The molecule has 2 fully saturated rings. The zero-order chi connectivity index (χ0) is 10.2. The summed E-state index contributed by atoms with van der Waals surface area (Å²) < 4.78 is 24.3. The SMILES string of the molecule is COC(=O)[C@]12CNC[C@@]1(F)CCOC2.Cl. The maximum atomic E-state index is 14.4. The van der Waals surface area contributed by atoms with E-state index in [1.165, 1.54) is 7.11 Å². The van der Waals surface area contributed by atoms with Crippen LogP contribution in [0, 0.1) is 5.41 Å². The normalized spacial score (nSPS) is 39.1. The van der Waals surface area contributed by atoms with Gasteiger partial charge in [0.15, 0.2) is 0 Å². The van der Waals surface area contributed by atoms with Crippen molar-refractivity contribution in [2.45, 2.75) is 12.1 Å². The van der Waals surface area contributed by atoms with Gasteiger partial charge in [0.25, 0.3) is 0 Å². The van der Waals surface area contributed by atoms with Crippen molar-refractivity contribution < 1.29 is 18.7 Å². The van der Waals surface area contributed by atoms with Crippen LogP contribution in [0.15, 0.2) is 0 Å². The van der Waals surface area contributed by atoms with Crippen LogP contribution in [0.25, 0.3) is 0 Å². The van der Waals surface area contributed by atoms with Crippen LogP contribution in [-0.2, 0) is 14.3 Å². The molecular formula is C9H15ClFNO3. The molecule has 0 bridgehead atoms. The summed E-state index contributed by atoms with van der Waals surface area (Å²) in [6, 6.07) is 0. The summed E-state index contributed by atoms with van der Waals surface area (Å²) in [7, 11) is 1.28. The molecule has 4 nitrogen and oxygen atoms in total. The molecule has 0 amide bonds. The maximum Gasteiger partial charge on any atom is 0.318 e. The largest absolute Gasteiger partial charge is 0.468 e. The number of carbonyl (C=O) groups is 1. The summed E-state index contributed by atoms with van der Waals surface area (Å²) in [6.45, 7) is 1.00. The van der Waals surface area contributed by atoms with Gasteiger partial charge in [-0.05, 0) is 0 Å². The minimum Gasteiger partial charge on any atom is -0.468 e. The van der Waals surface area contributed by atoms with Gasteiger partial charge in [0.2, 0.25) is 0 Å². The fourth-order valence-electron chi connectivity index (χ4n) is 2.30. The fourth-order valence-corrected chi connectivity index (χ4v) is 2.30. The van der Waals surface area contributed by atoms with E-state index in [0.29, 0.717) is 13.2 Å². The van der Waals surface area contributed by atoms with Crippen LogP contribution in [0.2, 0.25) is 0 Å². The van der Waals surface area contributed by atoms with E-state index in [2.05, 4.69) is 10.1 Å². The Bertz CT molecular complexity index is 266. The summed E-state index contributed by atoms with van der Waals surface area (Å²) >= 11 is 0. The van der Waals surface area contributed by atoms with Gasteiger partial charge in [-0.15, -0.1) is 12.4 Å². The van der Waals surface area contributed by atoms with Crippen molar-refractivity contribution in [2.75, 3.05) is 33.4 Å². The standard InChI is InChI=1S/C9H14FNO3.ClH/c1-13-7(12)8-4-11-5-9(8,10)2-3-14-6-8;/h11H,2-6H2,1H3;1H/t8-,9+;/m1./s1. The maximum absolute atomic E-state index is 14.4. The van der Waals surface area contributed by atoms with E-state index in [0.717, 1.165) is 0 Å². The Morgan fingerprint density at radius 1 is 1.53 bits per heavy atom. The summed E-state index contributed by atoms with van der Waals surface area (Å²) in [5, 5.41) is 2.90. The van der Waals surface area contributed by atoms with E-state index < -0.39 is 17.1 Å². The number of halogens is 2. The molecule has 88 valence electrons. The van der Waals surface area contributed by atoms with Crippen LogP contribution in [0.4, 0.5) is 4.39 Å². The number of carbonyl (C=O) groups excluding carboxylic acids is 1. The number of hydrogen-bond donors (Lipinski definition) is 1. The Morgan fingerprint density at radius 2 is 2.27 bits per heavy atom. The van der Waals surface area contributed by atoms with E-state index in [-0.39, 0.29) is 32.0 Å². The van der Waals surface area contributed by atoms with E-state index in [1.54, 1.807) is 0 Å². The van der Waals surface area contributed by atoms with Gasteiger partial charge in [0.1, 0.15) is 11.1 Å². The second-order valence-electron chi connectivity index (χ2n) is 3.95. The third-order valence-electron chi connectivity index (χ3n) is 3.26. The zero-order valence-electron chi connectivity index (χ0n) is 8.55. The lowest BCUT2D eigenvalue weighted by molar-refractivity contribution is -0.175. The van der Waals surface area contributed by atoms with Gasteiger partial charge in [0.05, 0.1) is 13.7 Å². The van der Waals surface area contributed by atoms with Crippen molar-refractivity contribution in [2.24, 2.45) is 5.41 Å². The molecule has 0 radical (unpaired) electrons. The number of nitrogens with one attached hydrogen (secondary N) is 1. The van der Waals surface area contributed by atoms with Crippen LogP contribution < -0.4 is 5.32 Å². The van der Waals surface area contributed by atoms with E-state index in [9.17, 15) is 9.18 Å². The molecule has 2 atom stereocenters. The lowest BCUT2D eigenvalue weighted by Crippen LogP contribution is -2.56. The molecule has 2 rings (SSSR count). The average molecular weight is 240 g/mol. The lowest BCUT2D eigenvalue weighted by Gasteiger charge is -2.40. The molecule has 2 heterocycles. The first-order valence-corrected chi connectivity index (χ1v) is 4.70. The monoisotopic (exact) mass is 239 g/mol. The Morgan fingerprint density at radius 3 is 2.93 bits per heavy atom. The van der Waals surface area contributed by atoms with Crippen molar-refractivity contribution in [3.05, 3.63) is 0 Å². The highest BCUT2D eigenvalue weighted by atomic mass is 35.5. The molecule has 0 aliphatic carbocycles. The number of hydrogen-bond acceptors (Lipinski definition) is 4. The third-order valence-corrected chi connectivity index (χ3v) is 3.26. The topological polar surface area (TPSA) is 47.6 Å². The second-order valence-corrected chi connectivity index (χ2v) is 3.95. The van der Waals surface area contributed by atoms with Crippen molar-refractivity contribution in [1.82, 2.24) is 5.32 Å². The molecule has 6 heteroatoms.